The molecule has 1 aromatic carbocycles. The summed E-state index contributed by atoms with van der Waals surface area (Å²) >= 11 is 6.54. The lowest BCUT2D eigenvalue weighted by Gasteiger charge is -2.10. The van der Waals surface area contributed by atoms with Gasteiger partial charge in [0.2, 0.25) is 0 Å². The van der Waals surface area contributed by atoms with Crippen LogP contribution in [0.2, 0.25) is 0 Å². The van der Waals surface area contributed by atoms with E-state index in [9.17, 15) is 13.2 Å². The Morgan fingerprint density at radius 3 is 2.53 bits per heavy atom. The predicted molar refractivity (Wildman–Crippen MR) is 71.4 cm³/mol. The monoisotopic (exact) mass is 397 g/mol. The third kappa shape index (κ3) is 3.17. The van der Waals surface area contributed by atoms with Crippen molar-refractivity contribution >= 4 is 31.9 Å². The van der Waals surface area contributed by atoms with Crippen LogP contribution in [0.15, 0.2) is 28.9 Å². The quantitative estimate of drug-likeness (QED) is 0.697. The Hall–Kier alpha value is -0.890. The van der Waals surface area contributed by atoms with Crippen LogP contribution in [0.5, 0.6) is 0 Å². The summed E-state index contributed by atoms with van der Waals surface area (Å²) in [7, 11) is 0. The molecule has 2 rings (SSSR count). The fourth-order valence-corrected chi connectivity index (χ4v) is 2.08. The molecule has 0 aliphatic heterocycles. The third-order valence-electron chi connectivity index (χ3n) is 2.44. The highest BCUT2D eigenvalue weighted by atomic mass is 79.9. The molecule has 0 radical (unpaired) electrons. The fourth-order valence-electron chi connectivity index (χ4n) is 1.44. The van der Waals surface area contributed by atoms with Crippen molar-refractivity contribution in [3.05, 3.63) is 40.1 Å². The van der Waals surface area contributed by atoms with Crippen molar-refractivity contribution in [1.82, 2.24) is 15.0 Å². The van der Waals surface area contributed by atoms with Crippen LogP contribution in [0.4, 0.5) is 13.2 Å². The van der Waals surface area contributed by atoms with Crippen molar-refractivity contribution < 1.29 is 13.2 Å². The van der Waals surface area contributed by atoms with E-state index in [0.29, 0.717) is 15.9 Å². The van der Waals surface area contributed by atoms with E-state index in [0.717, 1.165) is 12.1 Å². The molecule has 0 saturated carbocycles. The molecule has 0 saturated heterocycles. The summed E-state index contributed by atoms with van der Waals surface area (Å²) in [6, 6.07) is 3.39. The highest BCUT2D eigenvalue weighted by Gasteiger charge is 2.31. The molecule has 0 aliphatic carbocycles. The Morgan fingerprint density at radius 2 is 2.00 bits per heavy atom. The lowest BCUT2D eigenvalue weighted by atomic mass is 10.2. The van der Waals surface area contributed by atoms with Gasteiger partial charge in [0.05, 0.1) is 28.0 Å². The zero-order chi connectivity index (χ0) is 14.2. The molecule has 0 fully saturated rings. The van der Waals surface area contributed by atoms with Crippen LogP contribution >= 0.6 is 31.9 Å². The first-order valence-corrected chi connectivity index (χ1v) is 6.93. The van der Waals surface area contributed by atoms with Crippen molar-refractivity contribution in [3.8, 4) is 5.69 Å². The predicted octanol–water partition coefficient (Wildman–Crippen LogP) is 4.50. The number of rotatable bonds is 2. The fraction of sp³-hybridized carbons (Fsp3) is 0.273. The summed E-state index contributed by atoms with van der Waals surface area (Å²) in [6.45, 7) is 1.86. The Balaban J connectivity index is 2.48. The Bertz CT molecular complexity index is 593. The summed E-state index contributed by atoms with van der Waals surface area (Å²) in [6.07, 6.45) is -2.80. The molecule has 0 spiro atoms. The maximum atomic E-state index is 12.7. The molecule has 0 bridgehead atoms. The summed E-state index contributed by atoms with van der Waals surface area (Å²) in [5, 5.41) is 7.72. The smallest absolute Gasteiger partial charge is 0.219 e. The number of nitrogens with zero attached hydrogens (tertiary/aromatic N) is 3. The zero-order valence-electron chi connectivity index (χ0n) is 9.62. The molecule has 2 aromatic rings. The average Bonchev–Trinajstić information content (AvgIpc) is 2.77. The number of halogens is 5. The van der Waals surface area contributed by atoms with Crippen LogP contribution < -0.4 is 0 Å². The van der Waals surface area contributed by atoms with Crippen LogP contribution in [0.3, 0.4) is 0 Å². The first-order chi connectivity index (χ1) is 8.79. The van der Waals surface area contributed by atoms with Gasteiger partial charge in [-0.3, -0.25) is 0 Å². The number of hydrogen-bond donors (Lipinski definition) is 0. The topological polar surface area (TPSA) is 30.7 Å². The van der Waals surface area contributed by atoms with E-state index >= 15 is 0 Å². The van der Waals surface area contributed by atoms with Crippen LogP contribution in [-0.2, 0) is 6.18 Å². The Morgan fingerprint density at radius 1 is 1.32 bits per heavy atom. The van der Waals surface area contributed by atoms with Gasteiger partial charge in [-0.05, 0) is 41.1 Å². The second-order valence-corrected chi connectivity index (χ2v) is 6.10. The molecular weight excluding hydrogens is 391 g/mol. The highest BCUT2D eigenvalue weighted by molar-refractivity contribution is 9.10. The summed E-state index contributed by atoms with van der Waals surface area (Å²) < 4.78 is 39.9. The second kappa shape index (κ2) is 5.24. The Labute approximate surface area is 124 Å². The Kier molecular flexibility index (Phi) is 4.00. The lowest BCUT2D eigenvalue weighted by molar-refractivity contribution is -0.137. The number of benzene rings is 1. The first kappa shape index (κ1) is 14.5. The molecule has 8 heteroatoms. The SMILES string of the molecule is CC(Br)c1cn(-c2cc(C(F)(F)F)ccc2Br)nn1. The molecule has 1 atom stereocenters. The van der Waals surface area contributed by atoms with Crippen LogP contribution in [-0.4, -0.2) is 15.0 Å². The van der Waals surface area contributed by atoms with Crippen molar-refractivity contribution in [2.45, 2.75) is 17.9 Å². The van der Waals surface area contributed by atoms with E-state index in [4.69, 9.17) is 0 Å². The minimum absolute atomic E-state index is 0.0224. The minimum Gasteiger partial charge on any atom is -0.219 e. The van der Waals surface area contributed by atoms with Gasteiger partial charge in [0.25, 0.3) is 0 Å². The summed E-state index contributed by atoms with van der Waals surface area (Å²) in [4.78, 5) is -0.0224. The molecule has 0 amide bonds. The van der Waals surface area contributed by atoms with Crippen molar-refractivity contribution in [1.29, 1.82) is 0 Å². The number of alkyl halides is 4. The van der Waals surface area contributed by atoms with Crippen LogP contribution in [0, 0.1) is 0 Å². The molecule has 1 heterocycles. The van der Waals surface area contributed by atoms with Crippen LogP contribution in [0.1, 0.15) is 23.0 Å². The minimum atomic E-state index is -4.39. The molecule has 1 unspecified atom stereocenters. The summed E-state index contributed by atoms with van der Waals surface area (Å²) in [5.41, 5.74) is 0.209. The van der Waals surface area contributed by atoms with Crippen LogP contribution in [0.25, 0.3) is 5.69 Å². The van der Waals surface area contributed by atoms with Gasteiger partial charge in [0.15, 0.2) is 0 Å². The maximum absolute atomic E-state index is 12.7. The second-order valence-electron chi connectivity index (χ2n) is 3.87. The maximum Gasteiger partial charge on any atom is 0.416 e. The van der Waals surface area contributed by atoms with Gasteiger partial charge in [-0.1, -0.05) is 21.1 Å². The molecular formula is C11H8Br2F3N3. The van der Waals surface area contributed by atoms with E-state index in [-0.39, 0.29) is 4.83 Å². The van der Waals surface area contributed by atoms with E-state index in [2.05, 4.69) is 42.2 Å². The van der Waals surface area contributed by atoms with E-state index < -0.39 is 11.7 Å². The van der Waals surface area contributed by atoms with Gasteiger partial charge in [-0.25, -0.2) is 4.68 Å². The number of hydrogen-bond acceptors (Lipinski definition) is 2. The van der Waals surface area contributed by atoms with E-state index in [1.807, 2.05) is 6.92 Å². The molecule has 0 N–H and O–H groups in total. The molecule has 3 nitrogen and oxygen atoms in total. The van der Waals surface area contributed by atoms with E-state index in [1.165, 1.54) is 10.7 Å². The van der Waals surface area contributed by atoms with Gasteiger partial charge < -0.3 is 0 Å². The van der Waals surface area contributed by atoms with E-state index in [1.54, 1.807) is 6.20 Å². The molecule has 19 heavy (non-hydrogen) atoms. The third-order valence-corrected chi connectivity index (χ3v) is 3.58. The van der Waals surface area contributed by atoms with Gasteiger partial charge in [0.1, 0.15) is 0 Å². The first-order valence-electron chi connectivity index (χ1n) is 5.22. The average molecular weight is 399 g/mol. The summed E-state index contributed by atoms with van der Waals surface area (Å²) in [5.74, 6) is 0. The standard InChI is InChI=1S/C11H8Br2F3N3/c1-6(12)9-5-19(18-17-9)10-4-7(11(14,15)16)2-3-8(10)13/h2-6H,1H3. The van der Waals surface area contributed by atoms with Gasteiger partial charge in [-0.2, -0.15) is 13.2 Å². The highest BCUT2D eigenvalue weighted by Crippen LogP contribution is 2.33. The van der Waals surface area contributed by atoms with Gasteiger partial charge >= 0.3 is 6.18 Å². The molecule has 102 valence electrons. The van der Waals surface area contributed by atoms with Crippen molar-refractivity contribution in [2.24, 2.45) is 0 Å². The number of aromatic nitrogens is 3. The van der Waals surface area contributed by atoms with Crippen molar-refractivity contribution in [2.75, 3.05) is 0 Å². The zero-order valence-corrected chi connectivity index (χ0v) is 12.8. The molecule has 0 aliphatic rings. The van der Waals surface area contributed by atoms with Crippen molar-refractivity contribution in [3.63, 3.8) is 0 Å². The lowest BCUT2D eigenvalue weighted by Crippen LogP contribution is -2.07. The molecule has 1 aromatic heterocycles. The van der Waals surface area contributed by atoms with Gasteiger partial charge in [0, 0.05) is 4.47 Å². The van der Waals surface area contributed by atoms with Gasteiger partial charge in [-0.15, -0.1) is 5.10 Å². The largest absolute Gasteiger partial charge is 0.416 e. The normalized spacial score (nSPS) is 13.6.